The maximum Gasteiger partial charge on any atom is 0.133 e. The van der Waals surface area contributed by atoms with E-state index in [9.17, 15) is 4.39 Å². The molecule has 3 aromatic rings. The van der Waals surface area contributed by atoms with Gasteiger partial charge in [0.15, 0.2) is 0 Å². The molecular weight excluding hydrogens is 325 g/mol. The molecule has 1 aliphatic heterocycles. The molecule has 2 aromatic carbocycles. The molecule has 0 bridgehead atoms. The molecule has 1 aliphatic rings. The van der Waals surface area contributed by atoms with Gasteiger partial charge >= 0.3 is 0 Å². The van der Waals surface area contributed by atoms with E-state index in [1.807, 2.05) is 22.9 Å². The zero-order chi connectivity index (χ0) is 18.1. The van der Waals surface area contributed by atoms with Crippen molar-refractivity contribution in [1.29, 1.82) is 0 Å². The molecule has 4 rings (SSSR count). The van der Waals surface area contributed by atoms with Gasteiger partial charge < -0.3 is 5.32 Å². The summed E-state index contributed by atoms with van der Waals surface area (Å²) in [6.45, 7) is 5.29. The first-order chi connectivity index (χ1) is 12.7. The zero-order valence-electron chi connectivity index (χ0n) is 15.3. The predicted molar refractivity (Wildman–Crippen MR) is 104 cm³/mol. The number of hydrogen-bond acceptors (Lipinski definition) is 2. The van der Waals surface area contributed by atoms with Crippen LogP contribution in [0, 0.1) is 5.82 Å². The molecule has 134 valence electrons. The van der Waals surface area contributed by atoms with Crippen molar-refractivity contribution in [3.63, 3.8) is 0 Å². The van der Waals surface area contributed by atoms with Gasteiger partial charge in [0, 0.05) is 17.7 Å². The third-order valence-electron chi connectivity index (χ3n) is 5.05. The third-order valence-corrected chi connectivity index (χ3v) is 5.05. The van der Waals surface area contributed by atoms with Crippen LogP contribution in [0.5, 0.6) is 0 Å². The second kappa shape index (κ2) is 6.94. The number of nitrogens with one attached hydrogen (secondary N) is 1. The van der Waals surface area contributed by atoms with E-state index in [0.717, 1.165) is 48.6 Å². The summed E-state index contributed by atoms with van der Waals surface area (Å²) < 4.78 is 16.5. The number of anilines is 1. The molecule has 26 heavy (non-hydrogen) atoms. The monoisotopic (exact) mass is 349 g/mol. The maximum atomic E-state index is 14.5. The minimum absolute atomic E-state index is 0.221. The molecule has 0 unspecified atom stereocenters. The van der Waals surface area contributed by atoms with Gasteiger partial charge in [0.05, 0.1) is 5.69 Å². The molecule has 0 atom stereocenters. The van der Waals surface area contributed by atoms with Crippen molar-refractivity contribution in [3.8, 4) is 16.9 Å². The van der Waals surface area contributed by atoms with Crippen molar-refractivity contribution in [2.75, 3.05) is 11.9 Å². The Kier molecular flexibility index (Phi) is 4.49. The molecule has 2 heterocycles. The van der Waals surface area contributed by atoms with E-state index in [-0.39, 0.29) is 5.82 Å². The Morgan fingerprint density at radius 3 is 2.62 bits per heavy atom. The Morgan fingerprint density at radius 1 is 1.04 bits per heavy atom. The Hall–Kier alpha value is -2.62. The first-order valence-electron chi connectivity index (χ1n) is 9.36. The van der Waals surface area contributed by atoms with Gasteiger partial charge in [-0.1, -0.05) is 44.2 Å². The number of aromatic nitrogens is 2. The van der Waals surface area contributed by atoms with E-state index in [2.05, 4.69) is 37.4 Å². The van der Waals surface area contributed by atoms with Crippen molar-refractivity contribution in [2.45, 2.75) is 39.0 Å². The van der Waals surface area contributed by atoms with Crippen LogP contribution >= 0.6 is 0 Å². The van der Waals surface area contributed by atoms with Gasteiger partial charge in [0.1, 0.15) is 17.3 Å². The Bertz CT molecular complexity index is 927. The van der Waals surface area contributed by atoms with E-state index in [1.165, 1.54) is 11.6 Å². The summed E-state index contributed by atoms with van der Waals surface area (Å²) in [5.41, 5.74) is 4.75. The lowest BCUT2D eigenvalue weighted by molar-refractivity contribution is 0.630. The smallest absolute Gasteiger partial charge is 0.133 e. The summed E-state index contributed by atoms with van der Waals surface area (Å²) in [5.74, 6) is 1.17. The topological polar surface area (TPSA) is 29.9 Å². The Balaban J connectivity index is 1.96. The summed E-state index contributed by atoms with van der Waals surface area (Å²) in [6.07, 6.45) is 3.10. The molecule has 0 amide bonds. The lowest BCUT2D eigenvalue weighted by atomic mass is 10.0. The van der Waals surface area contributed by atoms with Crippen LogP contribution in [0.25, 0.3) is 16.9 Å². The summed E-state index contributed by atoms with van der Waals surface area (Å²) in [4.78, 5) is 0. The molecule has 0 radical (unpaired) electrons. The lowest BCUT2D eigenvalue weighted by Crippen LogP contribution is -2.09. The first-order valence-corrected chi connectivity index (χ1v) is 9.36. The van der Waals surface area contributed by atoms with Gasteiger partial charge in [-0.2, -0.15) is 5.10 Å². The van der Waals surface area contributed by atoms with Crippen LogP contribution in [-0.4, -0.2) is 16.3 Å². The van der Waals surface area contributed by atoms with E-state index >= 15 is 0 Å². The van der Waals surface area contributed by atoms with Crippen molar-refractivity contribution < 1.29 is 4.39 Å². The third kappa shape index (κ3) is 2.90. The Labute approximate surface area is 153 Å². The standard InChI is InChI=1S/C22H24FN3/c1-15(2)16-9-4-6-13-20(16)26-22-18(11-7-8-14-24-22)21(25-26)17-10-3-5-12-19(17)23/h3-6,9-10,12-13,15,24H,7-8,11,14H2,1-2H3. The molecule has 3 nitrogen and oxygen atoms in total. The molecule has 1 aromatic heterocycles. The summed E-state index contributed by atoms with van der Waals surface area (Å²) in [6, 6.07) is 15.3. The first kappa shape index (κ1) is 16.8. The van der Waals surface area contributed by atoms with E-state index in [4.69, 9.17) is 5.10 Å². The number of nitrogens with zero attached hydrogens (tertiary/aromatic N) is 2. The molecule has 0 aliphatic carbocycles. The van der Waals surface area contributed by atoms with Gasteiger partial charge in [0.2, 0.25) is 0 Å². The fourth-order valence-corrected chi connectivity index (χ4v) is 3.71. The number of fused-ring (bicyclic) bond motifs is 1. The van der Waals surface area contributed by atoms with Crippen molar-refractivity contribution >= 4 is 5.82 Å². The molecule has 0 saturated carbocycles. The number of hydrogen-bond donors (Lipinski definition) is 1. The van der Waals surface area contributed by atoms with Crippen LogP contribution in [0.4, 0.5) is 10.2 Å². The van der Waals surface area contributed by atoms with E-state index < -0.39 is 0 Å². The number of benzene rings is 2. The molecule has 1 N–H and O–H groups in total. The van der Waals surface area contributed by atoms with Crippen LogP contribution in [0.2, 0.25) is 0 Å². The average Bonchev–Trinajstić information content (AvgIpc) is 2.83. The average molecular weight is 349 g/mol. The largest absolute Gasteiger partial charge is 0.370 e. The molecule has 0 spiro atoms. The number of halogens is 1. The Morgan fingerprint density at radius 2 is 1.81 bits per heavy atom. The summed E-state index contributed by atoms with van der Waals surface area (Å²) >= 11 is 0. The molecule has 0 fully saturated rings. The summed E-state index contributed by atoms with van der Waals surface area (Å²) in [5, 5.41) is 8.44. The number of para-hydroxylation sites is 1. The van der Waals surface area contributed by atoms with E-state index in [0.29, 0.717) is 11.5 Å². The van der Waals surface area contributed by atoms with Crippen molar-refractivity contribution in [2.24, 2.45) is 0 Å². The minimum Gasteiger partial charge on any atom is -0.370 e. The normalized spacial score (nSPS) is 14.0. The quantitative estimate of drug-likeness (QED) is 0.672. The van der Waals surface area contributed by atoms with Crippen LogP contribution < -0.4 is 5.32 Å². The van der Waals surface area contributed by atoms with Crippen molar-refractivity contribution in [1.82, 2.24) is 9.78 Å². The van der Waals surface area contributed by atoms with Crippen molar-refractivity contribution in [3.05, 3.63) is 65.5 Å². The summed E-state index contributed by atoms with van der Waals surface area (Å²) in [7, 11) is 0. The zero-order valence-corrected chi connectivity index (χ0v) is 15.3. The molecule has 4 heteroatoms. The van der Waals surface area contributed by atoms with Gasteiger partial charge in [-0.05, 0) is 48.9 Å². The predicted octanol–water partition coefficient (Wildman–Crippen LogP) is 5.55. The fourth-order valence-electron chi connectivity index (χ4n) is 3.71. The lowest BCUT2D eigenvalue weighted by Gasteiger charge is -2.15. The van der Waals surface area contributed by atoms with Gasteiger partial charge in [-0.25, -0.2) is 9.07 Å². The molecular formula is C22H24FN3. The second-order valence-corrected chi connectivity index (χ2v) is 7.16. The minimum atomic E-state index is -0.221. The SMILES string of the molecule is CC(C)c1ccccc1-n1nc(-c2ccccc2F)c2c1NCCCC2. The highest BCUT2D eigenvalue weighted by Gasteiger charge is 2.24. The van der Waals surface area contributed by atoms with Crippen LogP contribution in [0.3, 0.4) is 0 Å². The maximum absolute atomic E-state index is 14.5. The van der Waals surface area contributed by atoms with Gasteiger partial charge in [-0.15, -0.1) is 0 Å². The highest BCUT2D eigenvalue weighted by atomic mass is 19.1. The van der Waals surface area contributed by atoms with Gasteiger partial charge in [-0.3, -0.25) is 0 Å². The van der Waals surface area contributed by atoms with Crippen LogP contribution in [-0.2, 0) is 6.42 Å². The highest BCUT2D eigenvalue weighted by Crippen LogP contribution is 2.36. The second-order valence-electron chi connectivity index (χ2n) is 7.16. The molecule has 0 saturated heterocycles. The highest BCUT2D eigenvalue weighted by molar-refractivity contribution is 5.72. The van der Waals surface area contributed by atoms with Gasteiger partial charge in [0.25, 0.3) is 0 Å². The number of rotatable bonds is 3. The fraction of sp³-hybridized carbons (Fsp3) is 0.318. The van der Waals surface area contributed by atoms with Crippen LogP contribution in [0.15, 0.2) is 48.5 Å². The van der Waals surface area contributed by atoms with E-state index in [1.54, 1.807) is 6.07 Å². The van der Waals surface area contributed by atoms with Crippen LogP contribution in [0.1, 0.15) is 43.7 Å².